The number of carbonyl (C=O) groups is 2. The van der Waals surface area contributed by atoms with Gasteiger partial charge in [-0.15, -0.1) is 0 Å². The Morgan fingerprint density at radius 3 is 2.22 bits per heavy atom. The van der Waals surface area contributed by atoms with Gasteiger partial charge in [0.05, 0.1) is 23.2 Å². The molecular weight excluding hydrogens is 304 g/mol. The van der Waals surface area contributed by atoms with E-state index in [1.54, 1.807) is 0 Å². The van der Waals surface area contributed by atoms with Gasteiger partial charge in [-0.05, 0) is 36.4 Å². The quantitative estimate of drug-likeness (QED) is 0.301. The summed E-state index contributed by atoms with van der Waals surface area (Å²) in [5.41, 5.74) is 5.33. The number of nitrogen functional groups attached to an aromatic ring is 1. The van der Waals surface area contributed by atoms with Crippen molar-refractivity contribution in [3.05, 3.63) is 63.7 Å². The number of methoxy groups -OCH3 is 1. The number of nitrogens with zero attached hydrogens (tertiary/aromatic N) is 1. The normalized spacial score (nSPS) is 9.96. The van der Waals surface area contributed by atoms with E-state index in [0.717, 1.165) is 6.07 Å². The molecule has 118 valence electrons. The number of ether oxygens (including phenoxy) is 2. The van der Waals surface area contributed by atoms with E-state index in [4.69, 9.17) is 10.5 Å². The second kappa shape index (κ2) is 6.56. The van der Waals surface area contributed by atoms with Gasteiger partial charge in [-0.2, -0.15) is 0 Å². The summed E-state index contributed by atoms with van der Waals surface area (Å²) in [4.78, 5) is 33.4. The molecule has 0 unspecified atom stereocenters. The number of rotatable bonds is 4. The predicted octanol–water partition coefficient (Wildman–Crippen LogP) is 2.18. The molecule has 8 heteroatoms. The highest BCUT2D eigenvalue weighted by Gasteiger charge is 2.17. The van der Waals surface area contributed by atoms with Gasteiger partial charge in [0, 0.05) is 6.07 Å². The Labute approximate surface area is 130 Å². The molecule has 0 aliphatic rings. The van der Waals surface area contributed by atoms with E-state index in [9.17, 15) is 19.7 Å². The van der Waals surface area contributed by atoms with Gasteiger partial charge in [0.1, 0.15) is 11.4 Å². The van der Waals surface area contributed by atoms with E-state index in [0.29, 0.717) is 5.56 Å². The van der Waals surface area contributed by atoms with E-state index in [-0.39, 0.29) is 22.7 Å². The fourth-order valence-corrected chi connectivity index (χ4v) is 1.77. The van der Waals surface area contributed by atoms with E-state index in [1.165, 1.54) is 43.5 Å². The van der Waals surface area contributed by atoms with Crippen molar-refractivity contribution in [2.75, 3.05) is 12.8 Å². The van der Waals surface area contributed by atoms with E-state index >= 15 is 0 Å². The predicted molar refractivity (Wildman–Crippen MR) is 80.2 cm³/mol. The Morgan fingerprint density at radius 1 is 1.04 bits per heavy atom. The van der Waals surface area contributed by atoms with Gasteiger partial charge >= 0.3 is 11.9 Å². The number of benzene rings is 2. The van der Waals surface area contributed by atoms with Crippen LogP contribution in [0.25, 0.3) is 0 Å². The number of hydrogen-bond acceptors (Lipinski definition) is 7. The molecule has 0 aromatic heterocycles. The van der Waals surface area contributed by atoms with Crippen LogP contribution in [0, 0.1) is 10.1 Å². The van der Waals surface area contributed by atoms with Crippen LogP contribution in [-0.4, -0.2) is 24.0 Å². The van der Waals surface area contributed by atoms with Gasteiger partial charge < -0.3 is 15.2 Å². The molecule has 0 saturated carbocycles. The van der Waals surface area contributed by atoms with Gasteiger partial charge in [0.2, 0.25) is 0 Å². The fraction of sp³-hybridized carbons (Fsp3) is 0.0667. The van der Waals surface area contributed by atoms with Crippen LogP contribution in [0.5, 0.6) is 5.75 Å². The zero-order chi connectivity index (χ0) is 17.0. The first-order valence-corrected chi connectivity index (χ1v) is 6.37. The second-order valence-corrected chi connectivity index (χ2v) is 4.44. The molecule has 0 radical (unpaired) electrons. The van der Waals surface area contributed by atoms with Gasteiger partial charge in [-0.25, -0.2) is 9.59 Å². The first kappa shape index (κ1) is 16.0. The number of carbonyl (C=O) groups excluding carboxylic acids is 2. The standard InChI is InChI=1S/C15H12N2O6/c1-22-14(18)9-2-5-11(6-3-9)23-15(19)10-4-7-12(16)13(8-10)17(20)21/h2-8H,16H2,1H3. The molecule has 2 rings (SSSR count). The molecule has 0 atom stereocenters. The molecule has 8 nitrogen and oxygen atoms in total. The number of nitro groups is 1. The monoisotopic (exact) mass is 316 g/mol. The highest BCUT2D eigenvalue weighted by atomic mass is 16.6. The molecule has 23 heavy (non-hydrogen) atoms. The van der Waals surface area contributed by atoms with E-state index < -0.39 is 16.9 Å². The number of nitrogens with two attached hydrogens (primary N) is 1. The zero-order valence-electron chi connectivity index (χ0n) is 12.0. The van der Waals surface area contributed by atoms with Crippen LogP contribution < -0.4 is 10.5 Å². The average molecular weight is 316 g/mol. The maximum Gasteiger partial charge on any atom is 0.343 e. The van der Waals surface area contributed by atoms with Crippen LogP contribution in [0.3, 0.4) is 0 Å². The summed E-state index contributed by atoms with van der Waals surface area (Å²) in [6.45, 7) is 0. The minimum absolute atomic E-state index is 0.0112. The molecule has 0 saturated heterocycles. The molecule has 0 amide bonds. The summed E-state index contributed by atoms with van der Waals surface area (Å²) >= 11 is 0. The SMILES string of the molecule is COC(=O)c1ccc(OC(=O)c2ccc(N)c([N+](=O)[O-])c2)cc1. The largest absolute Gasteiger partial charge is 0.465 e. The Hall–Kier alpha value is -3.42. The van der Waals surface area contributed by atoms with Gasteiger partial charge in [-0.1, -0.05) is 0 Å². The fourth-order valence-electron chi connectivity index (χ4n) is 1.77. The van der Waals surface area contributed by atoms with Crippen LogP contribution in [0.2, 0.25) is 0 Å². The van der Waals surface area contributed by atoms with Crippen LogP contribution >= 0.6 is 0 Å². The molecule has 0 aliphatic carbocycles. The second-order valence-electron chi connectivity index (χ2n) is 4.44. The third-order valence-electron chi connectivity index (χ3n) is 2.95. The van der Waals surface area contributed by atoms with Gasteiger partial charge in [0.15, 0.2) is 0 Å². The first-order valence-electron chi connectivity index (χ1n) is 6.37. The first-order chi connectivity index (χ1) is 10.9. The van der Waals surface area contributed by atoms with Crippen LogP contribution in [0.1, 0.15) is 20.7 Å². The lowest BCUT2D eigenvalue weighted by atomic mass is 10.1. The molecule has 2 aromatic carbocycles. The highest BCUT2D eigenvalue weighted by molar-refractivity contribution is 5.93. The number of nitro benzene ring substituents is 1. The van der Waals surface area contributed by atoms with Crippen LogP contribution in [0.4, 0.5) is 11.4 Å². The summed E-state index contributed by atoms with van der Waals surface area (Å²) in [6, 6.07) is 9.31. The maximum atomic E-state index is 12.0. The summed E-state index contributed by atoms with van der Waals surface area (Å²) in [5.74, 6) is -1.11. The molecule has 0 heterocycles. The van der Waals surface area contributed by atoms with Crippen LogP contribution in [-0.2, 0) is 4.74 Å². The zero-order valence-corrected chi connectivity index (χ0v) is 12.0. The number of hydrogen-bond donors (Lipinski definition) is 1. The number of esters is 2. The summed E-state index contributed by atoms with van der Waals surface area (Å²) in [6.07, 6.45) is 0. The summed E-state index contributed by atoms with van der Waals surface area (Å²) in [7, 11) is 1.25. The lowest BCUT2D eigenvalue weighted by molar-refractivity contribution is -0.383. The molecule has 0 aliphatic heterocycles. The summed E-state index contributed by atoms with van der Waals surface area (Å²) in [5, 5.41) is 10.8. The van der Waals surface area contributed by atoms with Crippen LogP contribution in [0.15, 0.2) is 42.5 Å². The van der Waals surface area contributed by atoms with Crippen molar-refractivity contribution in [3.8, 4) is 5.75 Å². The third kappa shape index (κ3) is 3.62. The molecule has 0 fully saturated rings. The average Bonchev–Trinajstić information content (AvgIpc) is 2.54. The van der Waals surface area contributed by atoms with Crippen molar-refractivity contribution >= 4 is 23.3 Å². The third-order valence-corrected chi connectivity index (χ3v) is 2.95. The molecule has 2 N–H and O–H groups in total. The van der Waals surface area contributed by atoms with Crippen molar-refractivity contribution in [2.24, 2.45) is 0 Å². The van der Waals surface area contributed by atoms with Crippen molar-refractivity contribution in [1.29, 1.82) is 0 Å². The van der Waals surface area contributed by atoms with Gasteiger partial charge in [0.25, 0.3) is 5.69 Å². The lowest BCUT2D eigenvalue weighted by Gasteiger charge is -2.06. The topological polar surface area (TPSA) is 122 Å². The lowest BCUT2D eigenvalue weighted by Crippen LogP contribution is -2.10. The molecule has 2 aromatic rings. The molecule has 0 spiro atoms. The Bertz CT molecular complexity index is 770. The maximum absolute atomic E-state index is 12.0. The summed E-state index contributed by atoms with van der Waals surface area (Å²) < 4.78 is 9.64. The Balaban J connectivity index is 2.17. The highest BCUT2D eigenvalue weighted by Crippen LogP contribution is 2.23. The minimum atomic E-state index is -0.779. The molecule has 0 bridgehead atoms. The Kier molecular flexibility index (Phi) is 4.55. The smallest absolute Gasteiger partial charge is 0.343 e. The molecular formula is C15H12N2O6. The Morgan fingerprint density at radius 2 is 1.65 bits per heavy atom. The van der Waals surface area contributed by atoms with E-state index in [1.807, 2.05) is 0 Å². The number of anilines is 1. The van der Waals surface area contributed by atoms with Crippen molar-refractivity contribution in [3.63, 3.8) is 0 Å². The van der Waals surface area contributed by atoms with Crippen molar-refractivity contribution in [1.82, 2.24) is 0 Å². The van der Waals surface area contributed by atoms with E-state index in [2.05, 4.69) is 4.74 Å². The van der Waals surface area contributed by atoms with Crippen molar-refractivity contribution < 1.29 is 24.0 Å². The van der Waals surface area contributed by atoms with Gasteiger partial charge in [-0.3, -0.25) is 10.1 Å². The minimum Gasteiger partial charge on any atom is -0.465 e. The van der Waals surface area contributed by atoms with Crippen molar-refractivity contribution in [2.45, 2.75) is 0 Å².